The topological polar surface area (TPSA) is 75.7 Å². The molecule has 0 spiro atoms. The third kappa shape index (κ3) is 4.22. The van der Waals surface area contributed by atoms with E-state index in [1.54, 1.807) is 24.3 Å². The highest BCUT2D eigenvalue weighted by molar-refractivity contribution is 14.1. The van der Waals surface area contributed by atoms with Crippen molar-refractivity contribution in [3.05, 3.63) is 57.4 Å². The van der Waals surface area contributed by atoms with Crippen LogP contribution in [0.3, 0.4) is 0 Å². The second-order valence-electron chi connectivity index (χ2n) is 5.62. The summed E-state index contributed by atoms with van der Waals surface area (Å²) in [5, 5.41) is 2.57. The van der Waals surface area contributed by atoms with Crippen molar-refractivity contribution in [2.75, 3.05) is 31.6 Å². The van der Waals surface area contributed by atoms with E-state index in [4.69, 9.17) is 4.74 Å². The summed E-state index contributed by atoms with van der Waals surface area (Å²) in [5.74, 6) is -1.49. The van der Waals surface area contributed by atoms with Crippen molar-refractivity contribution in [3.63, 3.8) is 0 Å². The third-order valence-corrected chi connectivity index (χ3v) is 6.51. The number of amides is 1. The number of nitrogens with one attached hydrogen (secondary N) is 1. The molecule has 1 aliphatic heterocycles. The van der Waals surface area contributed by atoms with Gasteiger partial charge in [0.05, 0.1) is 23.7 Å². The molecule has 2 aromatic rings. The smallest absolute Gasteiger partial charge is 0.258 e. The predicted molar refractivity (Wildman–Crippen MR) is 103 cm³/mol. The van der Waals surface area contributed by atoms with Gasteiger partial charge in [0, 0.05) is 22.3 Å². The van der Waals surface area contributed by atoms with Gasteiger partial charge in [-0.3, -0.25) is 4.79 Å². The number of rotatable bonds is 4. The van der Waals surface area contributed by atoms with E-state index in [-0.39, 0.29) is 23.5 Å². The molecule has 1 amide bonds. The number of hydrogen-bond acceptors (Lipinski definition) is 4. The van der Waals surface area contributed by atoms with Gasteiger partial charge in [0.2, 0.25) is 10.0 Å². The summed E-state index contributed by atoms with van der Waals surface area (Å²) in [6.07, 6.45) is 0. The van der Waals surface area contributed by atoms with Gasteiger partial charge < -0.3 is 10.1 Å². The van der Waals surface area contributed by atoms with Gasteiger partial charge in [0.1, 0.15) is 5.82 Å². The fourth-order valence-electron chi connectivity index (χ4n) is 2.51. The number of benzene rings is 2. The van der Waals surface area contributed by atoms with Gasteiger partial charge in [-0.15, -0.1) is 0 Å². The fraction of sp³-hybridized carbons (Fsp3) is 0.235. The minimum atomic E-state index is -3.81. The minimum absolute atomic E-state index is 0.117. The van der Waals surface area contributed by atoms with E-state index >= 15 is 0 Å². The van der Waals surface area contributed by atoms with E-state index in [9.17, 15) is 17.6 Å². The molecular weight excluding hydrogens is 474 g/mol. The fourth-order valence-corrected chi connectivity index (χ4v) is 4.30. The van der Waals surface area contributed by atoms with Gasteiger partial charge in [-0.1, -0.05) is 0 Å². The van der Waals surface area contributed by atoms with Crippen LogP contribution in [0.5, 0.6) is 0 Å². The highest BCUT2D eigenvalue weighted by Gasteiger charge is 2.27. The van der Waals surface area contributed by atoms with E-state index < -0.39 is 21.7 Å². The molecule has 6 nitrogen and oxygen atoms in total. The van der Waals surface area contributed by atoms with E-state index in [0.717, 1.165) is 15.7 Å². The van der Waals surface area contributed by atoms with Gasteiger partial charge in [0.25, 0.3) is 5.91 Å². The largest absolute Gasteiger partial charge is 0.379 e. The average Bonchev–Trinajstić information content (AvgIpc) is 2.64. The van der Waals surface area contributed by atoms with Gasteiger partial charge in [0.15, 0.2) is 0 Å². The molecule has 1 aliphatic rings. The standard InChI is InChI=1S/C17H16FIN2O4S/c18-16-6-5-14(26(23,24)21-7-9-25-10-8-21)11-15(16)17(22)20-13-3-1-12(19)2-4-13/h1-6,11H,7-10H2,(H,20,22). The van der Waals surface area contributed by atoms with E-state index in [0.29, 0.717) is 18.9 Å². The zero-order valence-corrected chi connectivity index (χ0v) is 16.6. The highest BCUT2D eigenvalue weighted by atomic mass is 127. The van der Waals surface area contributed by atoms with Crippen molar-refractivity contribution in [2.24, 2.45) is 0 Å². The molecule has 3 rings (SSSR count). The maximum atomic E-state index is 14.1. The lowest BCUT2D eigenvalue weighted by atomic mass is 10.2. The first-order valence-corrected chi connectivity index (χ1v) is 10.3. The lowest BCUT2D eigenvalue weighted by Crippen LogP contribution is -2.40. The number of carbonyl (C=O) groups excluding carboxylic acids is 1. The van der Waals surface area contributed by atoms with Crippen molar-refractivity contribution in [2.45, 2.75) is 4.90 Å². The molecule has 0 radical (unpaired) electrons. The number of hydrogen-bond donors (Lipinski definition) is 1. The predicted octanol–water partition coefficient (Wildman–Crippen LogP) is 2.70. The molecule has 0 aromatic heterocycles. The zero-order valence-electron chi connectivity index (χ0n) is 13.6. The van der Waals surface area contributed by atoms with Gasteiger partial charge in [-0.2, -0.15) is 4.31 Å². The summed E-state index contributed by atoms with van der Waals surface area (Å²) in [6, 6.07) is 10.2. The highest BCUT2D eigenvalue weighted by Crippen LogP contribution is 2.21. The molecule has 2 aromatic carbocycles. The first kappa shape index (κ1) is 19.2. The van der Waals surface area contributed by atoms with Crippen LogP contribution in [0.4, 0.5) is 10.1 Å². The quantitative estimate of drug-likeness (QED) is 0.670. The molecule has 9 heteroatoms. The van der Waals surface area contributed by atoms with Crippen LogP contribution >= 0.6 is 22.6 Å². The molecule has 138 valence electrons. The number of anilines is 1. The molecule has 0 bridgehead atoms. The Hall–Kier alpha value is -1.56. The van der Waals surface area contributed by atoms with Crippen molar-refractivity contribution >= 4 is 44.2 Å². The molecule has 26 heavy (non-hydrogen) atoms. The van der Waals surface area contributed by atoms with Crippen LogP contribution in [-0.2, 0) is 14.8 Å². The molecule has 1 heterocycles. The number of nitrogens with zero attached hydrogens (tertiary/aromatic N) is 1. The van der Waals surface area contributed by atoms with Crippen LogP contribution < -0.4 is 5.32 Å². The zero-order chi connectivity index (χ0) is 18.7. The Labute approximate surface area is 164 Å². The Balaban J connectivity index is 1.87. The normalized spacial score (nSPS) is 15.6. The molecule has 0 aliphatic carbocycles. The van der Waals surface area contributed by atoms with Crippen LogP contribution in [-0.4, -0.2) is 44.9 Å². The summed E-state index contributed by atoms with van der Waals surface area (Å²) in [7, 11) is -3.81. The average molecular weight is 490 g/mol. The summed E-state index contributed by atoms with van der Waals surface area (Å²) in [6.45, 7) is 1.06. The number of morpholine rings is 1. The molecule has 0 saturated carbocycles. The van der Waals surface area contributed by atoms with Crippen LogP contribution in [0.25, 0.3) is 0 Å². The second-order valence-corrected chi connectivity index (χ2v) is 8.80. The summed E-state index contributed by atoms with van der Waals surface area (Å²) < 4.78 is 46.9. The van der Waals surface area contributed by atoms with E-state index in [1.807, 2.05) is 0 Å². The Kier molecular flexibility index (Phi) is 5.90. The second kappa shape index (κ2) is 7.99. The van der Waals surface area contributed by atoms with Gasteiger partial charge in [-0.25, -0.2) is 12.8 Å². The van der Waals surface area contributed by atoms with Crippen molar-refractivity contribution < 1.29 is 22.3 Å². The number of carbonyl (C=O) groups is 1. The third-order valence-electron chi connectivity index (χ3n) is 3.89. The lowest BCUT2D eigenvalue weighted by Gasteiger charge is -2.26. The summed E-state index contributed by atoms with van der Waals surface area (Å²) >= 11 is 2.13. The van der Waals surface area contributed by atoms with E-state index in [2.05, 4.69) is 27.9 Å². The molecular formula is C17H16FIN2O4S. The lowest BCUT2D eigenvalue weighted by molar-refractivity contribution is 0.0730. The molecule has 0 atom stereocenters. The number of halogens is 2. The van der Waals surface area contributed by atoms with Crippen LogP contribution in [0, 0.1) is 9.39 Å². The van der Waals surface area contributed by atoms with Crippen LogP contribution in [0.1, 0.15) is 10.4 Å². The minimum Gasteiger partial charge on any atom is -0.379 e. The molecule has 0 unspecified atom stereocenters. The maximum Gasteiger partial charge on any atom is 0.258 e. The molecule has 1 N–H and O–H groups in total. The Morgan fingerprint density at radius 3 is 2.42 bits per heavy atom. The SMILES string of the molecule is O=C(Nc1ccc(I)cc1)c1cc(S(=O)(=O)N2CCOCC2)ccc1F. The van der Waals surface area contributed by atoms with Gasteiger partial charge in [-0.05, 0) is 65.1 Å². The van der Waals surface area contributed by atoms with Crippen molar-refractivity contribution in [3.8, 4) is 0 Å². The first-order chi connectivity index (χ1) is 12.4. The summed E-state index contributed by atoms with van der Waals surface area (Å²) in [5.41, 5.74) is 0.175. The summed E-state index contributed by atoms with van der Waals surface area (Å²) in [4.78, 5) is 12.3. The van der Waals surface area contributed by atoms with Crippen LogP contribution in [0.15, 0.2) is 47.4 Å². The van der Waals surface area contributed by atoms with Crippen molar-refractivity contribution in [1.29, 1.82) is 0 Å². The number of ether oxygens (including phenoxy) is 1. The van der Waals surface area contributed by atoms with Crippen LogP contribution in [0.2, 0.25) is 0 Å². The Morgan fingerprint density at radius 2 is 1.77 bits per heavy atom. The molecule has 1 saturated heterocycles. The number of sulfonamides is 1. The molecule has 1 fully saturated rings. The monoisotopic (exact) mass is 490 g/mol. The van der Waals surface area contributed by atoms with E-state index in [1.165, 1.54) is 10.4 Å². The first-order valence-electron chi connectivity index (χ1n) is 7.82. The Morgan fingerprint density at radius 1 is 1.12 bits per heavy atom. The maximum absolute atomic E-state index is 14.1. The van der Waals surface area contributed by atoms with Crippen molar-refractivity contribution in [1.82, 2.24) is 4.31 Å². The Bertz CT molecular complexity index is 913. The van der Waals surface area contributed by atoms with Gasteiger partial charge >= 0.3 is 0 Å².